The molecule has 0 saturated carbocycles. The van der Waals surface area contributed by atoms with Crippen LogP contribution in [0.1, 0.15) is 31.4 Å². The van der Waals surface area contributed by atoms with Gasteiger partial charge >= 0.3 is 0 Å². The Bertz CT molecular complexity index is 562. The first-order chi connectivity index (χ1) is 11.1. The number of aryl methyl sites for hydroxylation is 1. The van der Waals surface area contributed by atoms with Gasteiger partial charge in [0.2, 0.25) is 0 Å². The van der Waals surface area contributed by atoms with E-state index >= 15 is 0 Å². The molecule has 0 bridgehead atoms. The van der Waals surface area contributed by atoms with Gasteiger partial charge in [0.1, 0.15) is 0 Å². The first-order valence-corrected chi connectivity index (χ1v) is 8.29. The van der Waals surface area contributed by atoms with Crippen LogP contribution in [-0.2, 0) is 6.54 Å². The summed E-state index contributed by atoms with van der Waals surface area (Å²) in [7, 11) is 3.85. The lowest BCUT2D eigenvalue weighted by atomic mass is 10.2. The molecule has 1 rings (SSSR count). The van der Waals surface area contributed by atoms with Crippen molar-refractivity contribution in [3.05, 3.63) is 46.9 Å². The minimum atomic E-state index is 0.0794. The Balaban J connectivity index is 2.30. The van der Waals surface area contributed by atoms with E-state index in [0.29, 0.717) is 0 Å². The van der Waals surface area contributed by atoms with Crippen molar-refractivity contribution >= 4 is 5.96 Å². The SMILES string of the molecule is C=CCCCN(C)C(=NC)NCCCCn1c(C)cccc1=O. The molecule has 1 aromatic rings. The van der Waals surface area contributed by atoms with Crippen molar-refractivity contribution in [2.24, 2.45) is 4.99 Å². The van der Waals surface area contributed by atoms with Gasteiger partial charge in [0, 0.05) is 45.5 Å². The van der Waals surface area contributed by atoms with Gasteiger partial charge in [0.25, 0.3) is 5.56 Å². The van der Waals surface area contributed by atoms with Crippen LogP contribution < -0.4 is 10.9 Å². The molecule has 5 heteroatoms. The van der Waals surface area contributed by atoms with Crippen molar-refractivity contribution in [1.29, 1.82) is 0 Å². The van der Waals surface area contributed by atoms with E-state index in [4.69, 9.17) is 0 Å². The third-order valence-corrected chi connectivity index (χ3v) is 3.83. The number of unbranched alkanes of at least 4 members (excludes halogenated alkanes) is 2. The number of hydrogen-bond donors (Lipinski definition) is 1. The van der Waals surface area contributed by atoms with Crippen LogP contribution in [0.15, 0.2) is 40.6 Å². The molecular weight excluding hydrogens is 288 g/mol. The van der Waals surface area contributed by atoms with Crippen LogP contribution >= 0.6 is 0 Å². The average Bonchev–Trinajstić information content (AvgIpc) is 2.53. The second kappa shape index (κ2) is 10.6. The van der Waals surface area contributed by atoms with E-state index in [1.807, 2.05) is 36.7 Å². The molecule has 5 nitrogen and oxygen atoms in total. The molecule has 0 aromatic carbocycles. The number of hydrogen-bond acceptors (Lipinski definition) is 2. The summed E-state index contributed by atoms with van der Waals surface area (Å²) in [6, 6.07) is 5.40. The minimum Gasteiger partial charge on any atom is -0.356 e. The van der Waals surface area contributed by atoms with Gasteiger partial charge in [0.05, 0.1) is 0 Å². The first kappa shape index (κ1) is 19.0. The first-order valence-electron chi connectivity index (χ1n) is 8.29. The van der Waals surface area contributed by atoms with Crippen LogP contribution in [0.3, 0.4) is 0 Å². The molecule has 0 saturated heterocycles. The van der Waals surface area contributed by atoms with Gasteiger partial charge in [-0.15, -0.1) is 6.58 Å². The summed E-state index contributed by atoms with van der Waals surface area (Å²) in [5, 5.41) is 3.37. The highest BCUT2D eigenvalue weighted by Crippen LogP contribution is 1.98. The predicted octanol–water partition coefficient (Wildman–Crippen LogP) is 2.41. The van der Waals surface area contributed by atoms with Gasteiger partial charge in [0.15, 0.2) is 5.96 Å². The van der Waals surface area contributed by atoms with E-state index < -0.39 is 0 Å². The summed E-state index contributed by atoms with van der Waals surface area (Å²) < 4.78 is 1.83. The molecule has 128 valence electrons. The zero-order chi connectivity index (χ0) is 17.1. The lowest BCUT2D eigenvalue weighted by Gasteiger charge is -2.21. The van der Waals surface area contributed by atoms with E-state index in [0.717, 1.165) is 57.0 Å². The van der Waals surface area contributed by atoms with Crippen LogP contribution in [-0.4, -0.2) is 42.6 Å². The number of rotatable bonds is 9. The second-order valence-electron chi connectivity index (χ2n) is 5.69. The van der Waals surface area contributed by atoms with Gasteiger partial charge in [-0.2, -0.15) is 0 Å². The molecule has 0 aliphatic rings. The van der Waals surface area contributed by atoms with Gasteiger partial charge in [-0.25, -0.2) is 0 Å². The quantitative estimate of drug-likeness (QED) is 0.329. The normalized spacial score (nSPS) is 11.3. The van der Waals surface area contributed by atoms with E-state index in [2.05, 4.69) is 21.8 Å². The molecule has 0 atom stereocenters. The zero-order valence-corrected chi connectivity index (χ0v) is 14.7. The highest BCUT2D eigenvalue weighted by Gasteiger charge is 2.04. The molecule has 1 aromatic heterocycles. The van der Waals surface area contributed by atoms with Crippen LogP contribution in [0.4, 0.5) is 0 Å². The number of aliphatic imine (C=N–C) groups is 1. The van der Waals surface area contributed by atoms with Crippen molar-refractivity contribution < 1.29 is 0 Å². The Kier molecular flexibility index (Phi) is 8.80. The van der Waals surface area contributed by atoms with Crippen LogP contribution in [0.2, 0.25) is 0 Å². The van der Waals surface area contributed by atoms with Gasteiger partial charge < -0.3 is 14.8 Å². The lowest BCUT2D eigenvalue weighted by molar-refractivity contribution is 0.466. The highest BCUT2D eigenvalue weighted by atomic mass is 16.1. The molecule has 0 aliphatic heterocycles. The van der Waals surface area contributed by atoms with E-state index in [1.54, 1.807) is 13.1 Å². The predicted molar refractivity (Wildman–Crippen MR) is 98.1 cm³/mol. The Morgan fingerprint density at radius 1 is 1.39 bits per heavy atom. The van der Waals surface area contributed by atoms with Crippen LogP contribution in [0.25, 0.3) is 0 Å². The Morgan fingerprint density at radius 2 is 2.17 bits per heavy atom. The van der Waals surface area contributed by atoms with Crippen molar-refractivity contribution in [3.8, 4) is 0 Å². The topological polar surface area (TPSA) is 49.6 Å². The molecule has 0 radical (unpaired) electrons. The molecule has 0 spiro atoms. The summed E-state index contributed by atoms with van der Waals surface area (Å²) >= 11 is 0. The summed E-state index contributed by atoms with van der Waals surface area (Å²) in [4.78, 5) is 18.2. The van der Waals surface area contributed by atoms with Gasteiger partial charge in [-0.05, 0) is 38.7 Å². The van der Waals surface area contributed by atoms with E-state index in [-0.39, 0.29) is 5.56 Å². The maximum atomic E-state index is 11.8. The smallest absolute Gasteiger partial charge is 0.250 e. The maximum Gasteiger partial charge on any atom is 0.250 e. The Hall–Kier alpha value is -2.04. The fourth-order valence-electron chi connectivity index (χ4n) is 2.47. The molecular formula is C18H30N4O. The molecule has 0 unspecified atom stereocenters. The zero-order valence-electron chi connectivity index (χ0n) is 14.7. The number of allylic oxidation sites excluding steroid dienone is 1. The number of pyridine rings is 1. The van der Waals surface area contributed by atoms with Crippen molar-refractivity contribution in [2.45, 2.75) is 39.2 Å². The van der Waals surface area contributed by atoms with Crippen LogP contribution in [0.5, 0.6) is 0 Å². The molecule has 0 fully saturated rings. The summed E-state index contributed by atoms with van der Waals surface area (Å²) in [6.45, 7) is 8.30. The number of nitrogens with one attached hydrogen (secondary N) is 1. The minimum absolute atomic E-state index is 0.0794. The molecule has 23 heavy (non-hydrogen) atoms. The van der Waals surface area contributed by atoms with Crippen LogP contribution in [0, 0.1) is 6.92 Å². The molecule has 1 heterocycles. The average molecular weight is 318 g/mol. The lowest BCUT2D eigenvalue weighted by Crippen LogP contribution is -2.39. The number of guanidine groups is 1. The fraction of sp³-hybridized carbons (Fsp3) is 0.556. The summed E-state index contributed by atoms with van der Waals surface area (Å²) in [5.41, 5.74) is 1.10. The highest BCUT2D eigenvalue weighted by molar-refractivity contribution is 5.79. The van der Waals surface area contributed by atoms with Crippen molar-refractivity contribution in [2.75, 3.05) is 27.2 Å². The monoisotopic (exact) mass is 318 g/mol. The third-order valence-electron chi connectivity index (χ3n) is 3.83. The summed E-state index contributed by atoms with van der Waals surface area (Å²) in [6.07, 6.45) is 6.01. The largest absolute Gasteiger partial charge is 0.356 e. The van der Waals surface area contributed by atoms with Crippen molar-refractivity contribution in [1.82, 2.24) is 14.8 Å². The number of nitrogens with zero attached hydrogens (tertiary/aromatic N) is 3. The summed E-state index contributed by atoms with van der Waals surface area (Å²) in [5.74, 6) is 0.919. The molecule has 1 N–H and O–H groups in total. The fourth-order valence-corrected chi connectivity index (χ4v) is 2.47. The van der Waals surface area contributed by atoms with Gasteiger partial charge in [-0.3, -0.25) is 9.79 Å². The van der Waals surface area contributed by atoms with E-state index in [9.17, 15) is 4.79 Å². The molecule has 0 aliphatic carbocycles. The Labute approximate surface area is 139 Å². The van der Waals surface area contributed by atoms with E-state index in [1.165, 1.54) is 0 Å². The third kappa shape index (κ3) is 6.72. The van der Waals surface area contributed by atoms with Gasteiger partial charge in [-0.1, -0.05) is 12.1 Å². The number of aromatic nitrogens is 1. The Morgan fingerprint density at radius 3 is 2.83 bits per heavy atom. The maximum absolute atomic E-state index is 11.8. The van der Waals surface area contributed by atoms with Crippen molar-refractivity contribution in [3.63, 3.8) is 0 Å². The standard InChI is InChI=1S/C18H30N4O/c1-5-6-8-14-21(4)18(19-3)20-13-7-9-15-22-16(2)11-10-12-17(22)23/h5,10-12H,1,6-9,13-15H2,2-4H3,(H,19,20). The molecule has 0 amide bonds. The second-order valence-corrected chi connectivity index (χ2v) is 5.69.